The summed E-state index contributed by atoms with van der Waals surface area (Å²) in [6.45, 7) is 0.947. The van der Waals surface area contributed by atoms with Gasteiger partial charge in [0, 0.05) is 19.3 Å². The first-order valence-corrected chi connectivity index (χ1v) is 5.75. The third-order valence-corrected chi connectivity index (χ3v) is 2.55. The van der Waals surface area contributed by atoms with Gasteiger partial charge in [-0.15, -0.1) is 11.6 Å². The summed E-state index contributed by atoms with van der Waals surface area (Å²) in [6, 6.07) is 7.24. The number of methoxy groups -OCH3 is 2. The van der Waals surface area contributed by atoms with Crippen molar-refractivity contribution in [1.82, 2.24) is 0 Å². The number of amides is 1. The van der Waals surface area contributed by atoms with Gasteiger partial charge in [-0.05, 0) is 24.3 Å². The molecule has 0 radical (unpaired) electrons. The lowest BCUT2D eigenvalue weighted by atomic mass is 10.2. The molecule has 0 N–H and O–H groups in total. The number of nitrogens with zero attached hydrogens (tertiary/aromatic N) is 1. The molecule has 0 saturated heterocycles. The van der Waals surface area contributed by atoms with Crippen LogP contribution in [-0.2, 0) is 9.53 Å². The third kappa shape index (κ3) is 3.91. The summed E-state index contributed by atoms with van der Waals surface area (Å²) in [6.07, 6.45) is 0. The van der Waals surface area contributed by atoms with E-state index in [0.29, 0.717) is 13.2 Å². The molecule has 0 unspecified atom stereocenters. The van der Waals surface area contributed by atoms with E-state index in [4.69, 9.17) is 21.1 Å². The summed E-state index contributed by atoms with van der Waals surface area (Å²) < 4.78 is 10.0. The Labute approximate surface area is 106 Å². The molecule has 1 aromatic carbocycles. The van der Waals surface area contributed by atoms with Crippen molar-refractivity contribution >= 4 is 23.2 Å². The van der Waals surface area contributed by atoms with Crippen LogP contribution in [0.5, 0.6) is 5.75 Å². The topological polar surface area (TPSA) is 38.8 Å². The molecule has 1 rings (SSSR count). The summed E-state index contributed by atoms with van der Waals surface area (Å²) in [4.78, 5) is 13.3. The normalized spacial score (nSPS) is 10.1. The van der Waals surface area contributed by atoms with Crippen LogP contribution < -0.4 is 9.64 Å². The molecule has 94 valence electrons. The van der Waals surface area contributed by atoms with Gasteiger partial charge in [0.15, 0.2) is 0 Å². The standard InChI is InChI=1S/C12H16ClNO3/c1-16-8-7-14(12(15)9-13)10-3-5-11(17-2)6-4-10/h3-6H,7-9H2,1-2H3. The highest BCUT2D eigenvalue weighted by atomic mass is 35.5. The van der Waals surface area contributed by atoms with Gasteiger partial charge in [-0.25, -0.2) is 0 Å². The van der Waals surface area contributed by atoms with E-state index in [9.17, 15) is 4.79 Å². The second-order valence-corrected chi connectivity index (χ2v) is 3.64. The number of ether oxygens (including phenoxy) is 2. The molecule has 0 atom stereocenters. The monoisotopic (exact) mass is 257 g/mol. The maximum Gasteiger partial charge on any atom is 0.241 e. The fraction of sp³-hybridized carbons (Fsp3) is 0.417. The van der Waals surface area contributed by atoms with Crippen LogP contribution in [0.1, 0.15) is 0 Å². The van der Waals surface area contributed by atoms with Crippen LogP contribution >= 0.6 is 11.6 Å². The number of hydrogen-bond donors (Lipinski definition) is 0. The minimum Gasteiger partial charge on any atom is -0.497 e. The summed E-state index contributed by atoms with van der Waals surface area (Å²) >= 11 is 5.58. The highest BCUT2D eigenvalue weighted by molar-refractivity contribution is 6.29. The molecule has 0 fully saturated rings. The Hall–Kier alpha value is -1.26. The molecule has 0 aliphatic carbocycles. The van der Waals surface area contributed by atoms with Crippen molar-refractivity contribution in [3.8, 4) is 5.75 Å². The summed E-state index contributed by atoms with van der Waals surface area (Å²) in [7, 11) is 3.19. The molecule has 0 aliphatic heterocycles. The van der Waals surface area contributed by atoms with Crippen molar-refractivity contribution < 1.29 is 14.3 Å². The van der Waals surface area contributed by atoms with Crippen molar-refractivity contribution in [2.75, 3.05) is 38.2 Å². The number of hydrogen-bond acceptors (Lipinski definition) is 3. The predicted octanol–water partition coefficient (Wildman–Crippen LogP) is 1.91. The summed E-state index contributed by atoms with van der Waals surface area (Å²) in [5.74, 6) is 0.558. The Morgan fingerprint density at radius 2 is 1.94 bits per heavy atom. The SMILES string of the molecule is COCCN(C(=O)CCl)c1ccc(OC)cc1. The van der Waals surface area contributed by atoms with Crippen molar-refractivity contribution in [3.63, 3.8) is 0 Å². The highest BCUT2D eigenvalue weighted by Crippen LogP contribution is 2.19. The number of halogens is 1. The Kier molecular flexibility index (Phi) is 5.80. The second-order valence-electron chi connectivity index (χ2n) is 3.37. The van der Waals surface area contributed by atoms with Crippen LogP contribution in [0.15, 0.2) is 24.3 Å². The first kappa shape index (κ1) is 13.8. The zero-order valence-corrected chi connectivity index (χ0v) is 10.7. The minimum absolute atomic E-state index is 0.0459. The van der Waals surface area contributed by atoms with Gasteiger partial charge in [-0.2, -0.15) is 0 Å². The van der Waals surface area contributed by atoms with Crippen LogP contribution in [0.3, 0.4) is 0 Å². The van der Waals surface area contributed by atoms with E-state index in [0.717, 1.165) is 11.4 Å². The summed E-state index contributed by atoms with van der Waals surface area (Å²) in [5, 5.41) is 0. The molecule has 5 heteroatoms. The lowest BCUT2D eigenvalue weighted by Gasteiger charge is -2.21. The number of benzene rings is 1. The quantitative estimate of drug-likeness (QED) is 0.731. The average molecular weight is 258 g/mol. The molecule has 1 amide bonds. The molecular weight excluding hydrogens is 242 g/mol. The van der Waals surface area contributed by atoms with Gasteiger partial charge in [0.05, 0.1) is 13.7 Å². The fourth-order valence-corrected chi connectivity index (χ4v) is 1.56. The molecule has 0 bridgehead atoms. The number of carbonyl (C=O) groups is 1. The first-order valence-electron chi connectivity index (χ1n) is 5.22. The number of carbonyl (C=O) groups excluding carboxylic acids is 1. The Balaban J connectivity index is 2.83. The van der Waals surface area contributed by atoms with Crippen molar-refractivity contribution in [3.05, 3.63) is 24.3 Å². The molecule has 0 aromatic heterocycles. The molecule has 1 aromatic rings. The van der Waals surface area contributed by atoms with Gasteiger partial charge in [0.1, 0.15) is 11.6 Å². The van der Waals surface area contributed by atoms with Crippen molar-refractivity contribution in [1.29, 1.82) is 0 Å². The average Bonchev–Trinajstić information content (AvgIpc) is 2.39. The van der Waals surface area contributed by atoms with E-state index in [2.05, 4.69) is 0 Å². The largest absolute Gasteiger partial charge is 0.497 e. The maximum atomic E-state index is 11.7. The molecule has 0 saturated carbocycles. The van der Waals surface area contributed by atoms with Gasteiger partial charge >= 0.3 is 0 Å². The Bertz CT molecular complexity index is 353. The number of rotatable bonds is 6. The van der Waals surface area contributed by atoms with E-state index < -0.39 is 0 Å². The lowest BCUT2D eigenvalue weighted by molar-refractivity contribution is -0.116. The van der Waals surface area contributed by atoms with Gasteiger partial charge < -0.3 is 14.4 Å². The molecule has 0 aliphatic rings. The molecule has 0 heterocycles. The minimum atomic E-state index is -0.145. The van der Waals surface area contributed by atoms with Crippen LogP contribution in [0.2, 0.25) is 0 Å². The first-order chi connectivity index (χ1) is 8.22. The summed E-state index contributed by atoms with van der Waals surface area (Å²) in [5.41, 5.74) is 0.786. The van der Waals surface area contributed by atoms with E-state index in [-0.39, 0.29) is 11.8 Å². The molecule has 0 spiro atoms. The van der Waals surface area contributed by atoms with E-state index >= 15 is 0 Å². The Morgan fingerprint density at radius 1 is 1.29 bits per heavy atom. The number of alkyl halides is 1. The van der Waals surface area contributed by atoms with Gasteiger partial charge in [-0.3, -0.25) is 4.79 Å². The van der Waals surface area contributed by atoms with Gasteiger partial charge in [-0.1, -0.05) is 0 Å². The van der Waals surface area contributed by atoms with E-state index in [1.54, 1.807) is 31.3 Å². The predicted molar refractivity (Wildman–Crippen MR) is 67.9 cm³/mol. The van der Waals surface area contributed by atoms with Crippen molar-refractivity contribution in [2.24, 2.45) is 0 Å². The lowest BCUT2D eigenvalue weighted by Crippen LogP contribution is -2.34. The van der Waals surface area contributed by atoms with E-state index in [1.807, 2.05) is 12.1 Å². The zero-order valence-electron chi connectivity index (χ0n) is 9.98. The number of anilines is 1. The molecular formula is C12H16ClNO3. The van der Waals surface area contributed by atoms with Crippen LogP contribution in [0.4, 0.5) is 5.69 Å². The third-order valence-electron chi connectivity index (χ3n) is 2.32. The van der Waals surface area contributed by atoms with Crippen molar-refractivity contribution in [2.45, 2.75) is 0 Å². The van der Waals surface area contributed by atoms with Gasteiger partial charge in [0.25, 0.3) is 0 Å². The highest BCUT2D eigenvalue weighted by Gasteiger charge is 2.14. The van der Waals surface area contributed by atoms with Crippen LogP contribution in [0, 0.1) is 0 Å². The molecule has 4 nitrogen and oxygen atoms in total. The smallest absolute Gasteiger partial charge is 0.241 e. The zero-order chi connectivity index (χ0) is 12.7. The van der Waals surface area contributed by atoms with E-state index in [1.165, 1.54) is 0 Å². The molecule has 17 heavy (non-hydrogen) atoms. The van der Waals surface area contributed by atoms with Crippen LogP contribution in [-0.4, -0.2) is 39.2 Å². The maximum absolute atomic E-state index is 11.7. The van der Waals surface area contributed by atoms with Gasteiger partial charge in [0.2, 0.25) is 5.91 Å². The second kappa shape index (κ2) is 7.14. The fourth-order valence-electron chi connectivity index (χ4n) is 1.41. The van der Waals surface area contributed by atoms with Crippen LogP contribution in [0.25, 0.3) is 0 Å². The Morgan fingerprint density at radius 3 is 2.41 bits per heavy atom.